The Labute approximate surface area is 109 Å². The Morgan fingerprint density at radius 2 is 2.29 bits per heavy atom. The van der Waals surface area contributed by atoms with Crippen LogP contribution in [-0.4, -0.2) is 13.1 Å². The Hall–Kier alpha value is -1.44. The van der Waals surface area contributed by atoms with Crippen LogP contribution < -0.4 is 5.32 Å². The van der Waals surface area contributed by atoms with Crippen LogP contribution in [0.2, 0.25) is 10.0 Å². The normalized spacial score (nSPS) is 11.4. The van der Waals surface area contributed by atoms with Crippen LogP contribution in [0.15, 0.2) is 23.3 Å². The highest BCUT2D eigenvalue weighted by Crippen LogP contribution is 2.25. The van der Waals surface area contributed by atoms with E-state index in [0.717, 1.165) is 0 Å². The van der Waals surface area contributed by atoms with Crippen molar-refractivity contribution in [3.8, 4) is 6.07 Å². The molecule has 0 aliphatic carbocycles. The molecule has 0 fully saturated rings. The maximum absolute atomic E-state index is 9.03. The topological polar surface area (TPSA) is 84.6 Å². The molecule has 1 rings (SSSR count). The average Bonchev–Trinajstić information content (AvgIpc) is 2.33. The predicted molar refractivity (Wildman–Crippen MR) is 66.8 cm³/mol. The molecule has 0 aliphatic rings. The van der Waals surface area contributed by atoms with Gasteiger partial charge in [-0.25, -0.2) is 0 Å². The molecular formula is C10H9Cl2N5. The van der Waals surface area contributed by atoms with E-state index in [2.05, 4.69) is 21.4 Å². The molecule has 1 atom stereocenters. The molecule has 0 radical (unpaired) electrons. The summed E-state index contributed by atoms with van der Waals surface area (Å²) in [6.07, 6.45) is 0. The van der Waals surface area contributed by atoms with Gasteiger partial charge in [-0.3, -0.25) is 5.32 Å². The van der Waals surface area contributed by atoms with Crippen molar-refractivity contribution in [1.29, 1.82) is 5.26 Å². The third-order valence-corrected chi connectivity index (χ3v) is 2.60. The molecule has 17 heavy (non-hydrogen) atoms. The summed E-state index contributed by atoms with van der Waals surface area (Å²) in [4.78, 5) is 2.62. The summed E-state index contributed by atoms with van der Waals surface area (Å²) in [5.74, 6) is 0. The number of rotatable bonds is 5. The Morgan fingerprint density at radius 3 is 2.94 bits per heavy atom. The molecule has 7 heteroatoms. The van der Waals surface area contributed by atoms with Gasteiger partial charge in [0, 0.05) is 33.6 Å². The van der Waals surface area contributed by atoms with Crippen LogP contribution in [0.25, 0.3) is 10.4 Å². The van der Waals surface area contributed by atoms with Gasteiger partial charge in [-0.1, -0.05) is 28.3 Å². The number of nitrogens with zero attached hydrogens (tertiary/aromatic N) is 4. The number of azide groups is 1. The second-order valence-electron chi connectivity index (χ2n) is 3.14. The molecule has 1 unspecified atom stereocenters. The van der Waals surface area contributed by atoms with Gasteiger partial charge < -0.3 is 0 Å². The summed E-state index contributed by atoms with van der Waals surface area (Å²) in [6, 6.07) is 6.43. The van der Waals surface area contributed by atoms with Gasteiger partial charge in [-0.15, -0.1) is 0 Å². The largest absolute Gasteiger partial charge is 0.298 e. The first kappa shape index (κ1) is 13.6. The zero-order valence-electron chi connectivity index (χ0n) is 8.77. The number of halogens is 2. The molecule has 0 bridgehead atoms. The Morgan fingerprint density at radius 1 is 1.53 bits per heavy atom. The second kappa shape index (κ2) is 7.00. The van der Waals surface area contributed by atoms with Crippen molar-refractivity contribution in [1.82, 2.24) is 5.32 Å². The Kier molecular flexibility index (Phi) is 5.61. The van der Waals surface area contributed by atoms with Gasteiger partial charge in [0.1, 0.15) is 6.04 Å². The van der Waals surface area contributed by atoms with Crippen molar-refractivity contribution in [3.63, 3.8) is 0 Å². The molecular weight excluding hydrogens is 261 g/mol. The summed E-state index contributed by atoms with van der Waals surface area (Å²) in [7, 11) is 0. The minimum Gasteiger partial charge on any atom is -0.298 e. The van der Waals surface area contributed by atoms with Crippen molar-refractivity contribution in [2.24, 2.45) is 5.11 Å². The highest BCUT2D eigenvalue weighted by molar-refractivity contribution is 6.33. The van der Waals surface area contributed by atoms with E-state index in [1.807, 2.05) is 0 Å². The van der Waals surface area contributed by atoms with Crippen LogP contribution in [0.3, 0.4) is 0 Å². The molecule has 1 aromatic carbocycles. The lowest BCUT2D eigenvalue weighted by molar-refractivity contribution is 0.635. The SMILES string of the molecule is N#CC(NCCN=[N+]=[N-])c1cc(Cl)ccc1Cl. The molecule has 1 N–H and O–H groups in total. The minimum absolute atomic E-state index is 0.271. The molecule has 0 saturated carbocycles. The van der Waals surface area contributed by atoms with Crippen LogP contribution in [-0.2, 0) is 0 Å². The van der Waals surface area contributed by atoms with E-state index >= 15 is 0 Å². The number of hydrogen-bond donors (Lipinski definition) is 1. The first-order valence-corrected chi connectivity index (χ1v) is 5.53. The number of hydrogen-bond acceptors (Lipinski definition) is 3. The van der Waals surface area contributed by atoms with Crippen LogP contribution in [0.5, 0.6) is 0 Å². The van der Waals surface area contributed by atoms with Gasteiger partial charge in [0.25, 0.3) is 0 Å². The maximum Gasteiger partial charge on any atom is 0.122 e. The lowest BCUT2D eigenvalue weighted by Gasteiger charge is -2.12. The summed E-state index contributed by atoms with van der Waals surface area (Å²) in [5.41, 5.74) is 8.73. The molecule has 0 spiro atoms. The Balaban J connectivity index is 2.76. The van der Waals surface area contributed by atoms with Gasteiger partial charge >= 0.3 is 0 Å². The second-order valence-corrected chi connectivity index (χ2v) is 3.98. The van der Waals surface area contributed by atoms with Gasteiger partial charge in [0.2, 0.25) is 0 Å². The minimum atomic E-state index is -0.574. The zero-order valence-corrected chi connectivity index (χ0v) is 10.3. The molecule has 1 aromatic rings. The molecule has 0 heterocycles. The molecule has 0 aromatic heterocycles. The molecule has 5 nitrogen and oxygen atoms in total. The van der Waals surface area contributed by atoms with Gasteiger partial charge in [0.15, 0.2) is 0 Å². The lowest BCUT2D eigenvalue weighted by atomic mass is 10.1. The maximum atomic E-state index is 9.03. The first-order valence-electron chi connectivity index (χ1n) is 4.78. The fourth-order valence-electron chi connectivity index (χ4n) is 1.26. The fourth-order valence-corrected chi connectivity index (χ4v) is 1.67. The zero-order chi connectivity index (χ0) is 12.7. The van der Waals surface area contributed by atoms with E-state index in [-0.39, 0.29) is 6.54 Å². The highest BCUT2D eigenvalue weighted by atomic mass is 35.5. The third kappa shape index (κ3) is 4.14. The monoisotopic (exact) mass is 269 g/mol. The Bertz CT molecular complexity index is 476. The van der Waals surface area contributed by atoms with Gasteiger partial charge in [0.05, 0.1) is 6.07 Å². The van der Waals surface area contributed by atoms with Crippen LogP contribution in [0.4, 0.5) is 0 Å². The average molecular weight is 270 g/mol. The first-order chi connectivity index (χ1) is 8.19. The van der Waals surface area contributed by atoms with E-state index in [0.29, 0.717) is 22.2 Å². The van der Waals surface area contributed by atoms with Crippen molar-refractivity contribution in [3.05, 3.63) is 44.3 Å². The summed E-state index contributed by atoms with van der Waals surface area (Å²) in [5, 5.41) is 16.3. The van der Waals surface area contributed by atoms with E-state index < -0.39 is 6.04 Å². The smallest absolute Gasteiger partial charge is 0.122 e. The lowest BCUT2D eigenvalue weighted by Crippen LogP contribution is -2.23. The summed E-state index contributed by atoms with van der Waals surface area (Å²) >= 11 is 11.8. The van der Waals surface area contributed by atoms with Crippen molar-refractivity contribution in [2.75, 3.05) is 13.1 Å². The predicted octanol–water partition coefficient (Wildman–Crippen LogP) is 3.46. The summed E-state index contributed by atoms with van der Waals surface area (Å²) in [6.45, 7) is 0.665. The van der Waals surface area contributed by atoms with E-state index in [1.165, 1.54) is 0 Å². The van der Waals surface area contributed by atoms with E-state index in [4.69, 9.17) is 34.0 Å². The van der Waals surface area contributed by atoms with Gasteiger partial charge in [-0.05, 0) is 23.7 Å². The fraction of sp³-hybridized carbons (Fsp3) is 0.300. The van der Waals surface area contributed by atoms with Crippen LogP contribution >= 0.6 is 23.2 Å². The standard InChI is InChI=1S/C10H9Cl2N5/c11-7-1-2-9(12)8(5-7)10(6-13)15-3-4-16-17-14/h1-2,5,10,15H,3-4H2. The summed E-state index contributed by atoms with van der Waals surface area (Å²) < 4.78 is 0. The molecule has 88 valence electrons. The quantitative estimate of drug-likeness (QED) is 0.384. The van der Waals surface area contributed by atoms with Crippen molar-refractivity contribution < 1.29 is 0 Å². The number of nitrogens with one attached hydrogen (secondary N) is 1. The van der Waals surface area contributed by atoms with E-state index in [1.54, 1.807) is 18.2 Å². The van der Waals surface area contributed by atoms with Crippen molar-refractivity contribution >= 4 is 23.2 Å². The number of benzene rings is 1. The number of nitriles is 1. The van der Waals surface area contributed by atoms with Gasteiger partial charge in [-0.2, -0.15) is 5.26 Å². The molecule has 0 aliphatic heterocycles. The van der Waals surface area contributed by atoms with E-state index in [9.17, 15) is 0 Å². The van der Waals surface area contributed by atoms with Crippen LogP contribution in [0, 0.1) is 11.3 Å². The molecule has 0 amide bonds. The van der Waals surface area contributed by atoms with Crippen LogP contribution in [0.1, 0.15) is 11.6 Å². The van der Waals surface area contributed by atoms with Crippen molar-refractivity contribution in [2.45, 2.75) is 6.04 Å². The third-order valence-electron chi connectivity index (χ3n) is 2.02. The highest BCUT2D eigenvalue weighted by Gasteiger charge is 2.13. The molecule has 0 saturated heterocycles.